The zero-order chi connectivity index (χ0) is 26.2. The van der Waals surface area contributed by atoms with Crippen LogP contribution in [0.4, 0.5) is 4.79 Å². The molecule has 3 aliphatic rings. The van der Waals surface area contributed by atoms with Crippen molar-refractivity contribution in [1.29, 1.82) is 0 Å². The second-order valence-electron chi connectivity index (χ2n) is 10.6. The lowest BCUT2D eigenvalue weighted by atomic mass is 9.96. The number of aromatic nitrogens is 1. The van der Waals surface area contributed by atoms with E-state index in [2.05, 4.69) is 77.8 Å². The van der Waals surface area contributed by atoms with Crippen LogP contribution in [0.5, 0.6) is 5.75 Å². The highest BCUT2D eigenvalue weighted by Gasteiger charge is 2.41. The van der Waals surface area contributed by atoms with Gasteiger partial charge in [0.2, 0.25) is 0 Å². The first-order valence-electron chi connectivity index (χ1n) is 13.7. The molecule has 2 bridgehead atoms. The number of carbonyl (C=O) groups is 1. The molecular formula is C34H30N2O3. The predicted octanol–water partition coefficient (Wildman–Crippen LogP) is 7.23. The van der Waals surface area contributed by atoms with Gasteiger partial charge in [-0.05, 0) is 64.3 Å². The van der Waals surface area contributed by atoms with Gasteiger partial charge >= 0.3 is 6.09 Å². The molecule has 0 spiro atoms. The van der Waals surface area contributed by atoms with Crippen LogP contribution in [0.1, 0.15) is 47.4 Å². The molecule has 3 heterocycles. The molecule has 39 heavy (non-hydrogen) atoms. The minimum absolute atomic E-state index is 0.0447. The molecule has 1 saturated heterocycles. The van der Waals surface area contributed by atoms with Gasteiger partial charge in [0.1, 0.15) is 19.0 Å². The Balaban J connectivity index is 1.04. The van der Waals surface area contributed by atoms with Crippen molar-refractivity contribution in [1.82, 2.24) is 9.88 Å². The number of pyridine rings is 1. The maximum Gasteiger partial charge on any atom is 0.410 e. The van der Waals surface area contributed by atoms with Gasteiger partial charge in [0.05, 0.1) is 12.2 Å². The largest absolute Gasteiger partial charge is 0.487 e. The Hall–Kier alpha value is -4.38. The average molecular weight is 515 g/mol. The third-order valence-corrected chi connectivity index (χ3v) is 8.27. The third kappa shape index (κ3) is 4.48. The Bertz CT molecular complexity index is 1500. The molecule has 194 valence electrons. The van der Waals surface area contributed by atoms with E-state index in [1.165, 1.54) is 27.8 Å². The predicted molar refractivity (Wildman–Crippen MR) is 151 cm³/mol. The monoisotopic (exact) mass is 514 g/mol. The Morgan fingerprint density at radius 2 is 1.59 bits per heavy atom. The Morgan fingerprint density at radius 1 is 0.872 bits per heavy atom. The summed E-state index contributed by atoms with van der Waals surface area (Å²) in [5.41, 5.74) is 8.35. The van der Waals surface area contributed by atoms with Crippen LogP contribution in [0, 0.1) is 0 Å². The van der Waals surface area contributed by atoms with Gasteiger partial charge in [-0.1, -0.05) is 84.9 Å². The summed E-state index contributed by atoms with van der Waals surface area (Å²) < 4.78 is 12.0. The van der Waals surface area contributed by atoms with Crippen LogP contribution in [0.15, 0.2) is 103 Å². The molecule has 1 fully saturated rings. The minimum atomic E-state index is -0.210. The van der Waals surface area contributed by atoms with Crippen molar-refractivity contribution < 1.29 is 14.3 Å². The SMILES string of the molecule is O=C(OCC1c2ccccc2-c2ccccc21)N1C2C=C(c3cncc(OCc4ccccc4)c3)CC1CC2. The number of rotatable bonds is 6. The molecule has 1 amide bonds. The van der Waals surface area contributed by atoms with Crippen LogP contribution in [-0.4, -0.2) is 34.7 Å². The van der Waals surface area contributed by atoms with Gasteiger partial charge in [0.15, 0.2) is 0 Å². The highest BCUT2D eigenvalue weighted by Crippen LogP contribution is 2.45. The van der Waals surface area contributed by atoms with E-state index in [9.17, 15) is 4.79 Å². The molecule has 2 atom stereocenters. The zero-order valence-electron chi connectivity index (χ0n) is 21.7. The van der Waals surface area contributed by atoms with Gasteiger partial charge in [-0.3, -0.25) is 9.88 Å². The number of hydrogen-bond acceptors (Lipinski definition) is 4. The lowest BCUT2D eigenvalue weighted by Crippen LogP contribution is -2.43. The molecule has 7 rings (SSSR count). The minimum Gasteiger partial charge on any atom is -0.487 e. The Kier molecular flexibility index (Phi) is 6.12. The highest BCUT2D eigenvalue weighted by atomic mass is 16.6. The van der Waals surface area contributed by atoms with Gasteiger partial charge in [-0.15, -0.1) is 0 Å². The lowest BCUT2D eigenvalue weighted by molar-refractivity contribution is 0.0866. The summed E-state index contributed by atoms with van der Waals surface area (Å²) in [6, 6.07) is 29.3. The number of fused-ring (bicyclic) bond motifs is 5. The van der Waals surface area contributed by atoms with Gasteiger partial charge in [-0.2, -0.15) is 0 Å². The normalized spacial score (nSPS) is 19.3. The second-order valence-corrected chi connectivity index (χ2v) is 10.6. The lowest BCUT2D eigenvalue weighted by Gasteiger charge is -2.33. The van der Waals surface area contributed by atoms with Crippen molar-refractivity contribution >= 4 is 11.7 Å². The van der Waals surface area contributed by atoms with Gasteiger partial charge in [0, 0.05) is 18.2 Å². The number of ether oxygens (including phenoxy) is 2. The van der Waals surface area contributed by atoms with E-state index in [0.717, 1.165) is 36.1 Å². The summed E-state index contributed by atoms with van der Waals surface area (Å²) in [6.45, 7) is 0.857. The maximum atomic E-state index is 13.4. The molecule has 0 saturated carbocycles. The topological polar surface area (TPSA) is 51.7 Å². The van der Waals surface area contributed by atoms with Crippen molar-refractivity contribution in [2.45, 2.75) is 43.9 Å². The standard InChI is InChI=1S/C34H30N2O3/c37-34(39-22-33-31-12-6-4-10-29(31)30-11-5-7-13-32(30)33)36-26-14-15-27(36)17-24(16-26)25-18-28(20-35-19-25)38-21-23-8-2-1-3-9-23/h1-13,16,18-20,26-27,33H,14-15,17,21-22H2. The molecule has 4 aromatic rings. The fraction of sp³-hybridized carbons (Fsp3) is 0.235. The number of amides is 1. The number of carbonyl (C=O) groups excluding carboxylic acids is 1. The molecule has 2 unspecified atom stereocenters. The van der Waals surface area contributed by atoms with E-state index in [1.54, 1.807) is 6.20 Å². The quantitative estimate of drug-likeness (QED) is 0.272. The molecule has 0 radical (unpaired) electrons. The van der Waals surface area contributed by atoms with Crippen molar-refractivity contribution in [3.05, 3.63) is 126 Å². The summed E-state index contributed by atoms with van der Waals surface area (Å²) in [6.07, 6.45) is 8.39. The molecule has 5 nitrogen and oxygen atoms in total. The van der Waals surface area contributed by atoms with Gasteiger partial charge in [-0.25, -0.2) is 4.79 Å². The summed E-state index contributed by atoms with van der Waals surface area (Å²) >= 11 is 0. The van der Waals surface area contributed by atoms with Gasteiger partial charge < -0.3 is 9.47 Å². The van der Waals surface area contributed by atoms with Crippen LogP contribution >= 0.6 is 0 Å². The van der Waals surface area contributed by atoms with Crippen LogP contribution < -0.4 is 4.74 Å². The number of hydrogen-bond donors (Lipinski definition) is 0. The second kappa shape index (κ2) is 10.1. The Morgan fingerprint density at radius 3 is 2.33 bits per heavy atom. The van der Waals surface area contributed by atoms with Crippen LogP contribution in [0.3, 0.4) is 0 Å². The van der Waals surface area contributed by atoms with Crippen molar-refractivity contribution in [3.63, 3.8) is 0 Å². The van der Waals surface area contributed by atoms with Crippen molar-refractivity contribution in [3.8, 4) is 16.9 Å². The summed E-state index contributed by atoms with van der Waals surface area (Å²) in [7, 11) is 0. The third-order valence-electron chi connectivity index (χ3n) is 8.27. The molecule has 1 aromatic heterocycles. The summed E-state index contributed by atoms with van der Waals surface area (Å²) in [5.74, 6) is 0.822. The van der Waals surface area contributed by atoms with E-state index in [1.807, 2.05) is 29.3 Å². The molecule has 5 heteroatoms. The number of benzene rings is 3. The van der Waals surface area contributed by atoms with E-state index >= 15 is 0 Å². The van der Waals surface area contributed by atoms with E-state index in [4.69, 9.17) is 9.47 Å². The number of nitrogens with zero attached hydrogens (tertiary/aromatic N) is 2. The average Bonchev–Trinajstić information content (AvgIpc) is 3.45. The molecule has 3 aromatic carbocycles. The van der Waals surface area contributed by atoms with E-state index in [-0.39, 0.29) is 24.1 Å². The summed E-state index contributed by atoms with van der Waals surface area (Å²) in [5, 5.41) is 0. The first-order chi connectivity index (χ1) is 19.2. The van der Waals surface area contributed by atoms with Crippen molar-refractivity contribution in [2.24, 2.45) is 0 Å². The van der Waals surface area contributed by atoms with Crippen LogP contribution in [0.2, 0.25) is 0 Å². The summed E-state index contributed by atoms with van der Waals surface area (Å²) in [4.78, 5) is 19.8. The molecule has 0 N–H and O–H groups in total. The highest BCUT2D eigenvalue weighted by molar-refractivity contribution is 5.79. The molecule has 1 aliphatic carbocycles. The van der Waals surface area contributed by atoms with E-state index in [0.29, 0.717) is 13.2 Å². The first kappa shape index (κ1) is 23.7. The zero-order valence-corrected chi connectivity index (χ0v) is 21.7. The Labute approximate surface area is 228 Å². The molecular weight excluding hydrogens is 484 g/mol. The fourth-order valence-corrected chi connectivity index (χ4v) is 6.41. The van der Waals surface area contributed by atoms with E-state index < -0.39 is 0 Å². The van der Waals surface area contributed by atoms with Gasteiger partial charge in [0.25, 0.3) is 0 Å². The fourth-order valence-electron chi connectivity index (χ4n) is 6.41. The van der Waals surface area contributed by atoms with Crippen LogP contribution in [-0.2, 0) is 11.3 Å². The maximum absolute atomic E-state index is 13.4. The smallest absolute Gasteiger partial charge is 0.410 e. The molecule has 2 aliphatic heterocycles. The van der Waals surface area contributed by atoms with Crippen molar-refractivity contribution in [2.75, 3.05) is 6.61 Å². The van der Waals surface area contributed by atoms with Crippen LogP contribution in [0.25, 0.3) is 16.7 Å². The first-order valence-corrected chi connectivity index (χ1v) is 13.7.